The lowest BCUT2D eigenvalue weighted by molar-refractivity contribution is -0.302. The van der Waals surface area contributed by atoms with Gasteiger partial charge in [0.1, 0.15) is 24.4 Å². The number of nitrogens with one attached hydrogen (secondary N) is 1. The number of aliphatic hydroxyl groups excluding tert-OH is 5. The summed E-state index contributed by atoms with van der Waals surface area (Å²) in [6.45, 7) is 3.54. The van der Waals surface area contributed by atoms with E-state index in [-0.39, 0.29) is 12.5 Å². The van der Waals surface area contributed by atoms with Crippen LogP contribution in [0.2, 0.25) is 0 Å². The van der Waals surface area contributed by atoms with Gasteiger partial charge in [-0.25, -0.2) is 0 Å². The van der Waals surface area contributed by atoms with Gasteiger partial charge in [-0.2, -0.15) is 0 Å². The average Bonchev–Trinajstić information content (AvgIpc) is 3.27. The van der Waals surface area contributed by atoms with E-state index in [0.29, 0.717) is 6.42 Å². The maximum absolute atomic E-state index is 12.9. The van der Waals surface area contributed by atoms with Crippen molar-refractivity contribution in [3.8, 4) is 0 Å². The van der Waals surface area contributed by atoms with Crippen molar-refractivity contribution >= 4 is 5.91 Å². The van der Waals surface area contributed by atoms with Crippen molar-refractivity contribution < 1.29 is 39.8 Å². The fourth-order valence-corrected chi connectivity index (χ4v) is 6.98. The number of aliphatic hydroxyl groups is 5. The lowest BCUT2D eigenvalue weighted by Gasteiger charge is -2.40. The summed E-state index contributed by atoms with van der Waals surface area (Å²) in [6, 6.07) is -0.825. The van der Waals surface area contributed by atoms with Gasteiger partial charge in [-0.15, -0.1) is 0 Å². The van der Waals surface area contributed by atoms with Crippen molar-refractivity contribution in [3.05, 3.63) is 97.2 Å². The van der Waals surface area contributed by atoms with Crippen LogP contribution in [-0.4, -0.2) is 87.5 Å². The molecule has 1 aliphatic heterocycles. The summed E-state index contributed by atoms with van der Waals surface area (Å²) in [4.78, 5) is 12.9. The molecule has 1 heterocycles. The van der Waals surface area contributed by atoms with Crippen LogP contribution >= 0.6 is 0 Å². The van der Waals surface area contributed by atoms with Crippen LogP contribution in [0.5, 0.6) is 0 Å². The zero-order valence-electron chi connectivity index (χ0n) is 38.8. The Balaban J connectivity index is 2.16. The van der Waals surface area contributed by atoms with Gasteiger partial charge in [-0.05, 0) is 77.0 Å². The molecule has 1 rings (SSSR count). The minimum absolute atomic E-state index is 0.198. The first-order chi connectivity index (χ1) is 30.3. The lowest BCUT2D eigenvalue weighted by Crippen LogP contribution is -2.60. The van der Waals surface area contributed by atoms with Crippen LogP contribution in [0.25, 0.3) is 0 Å². The van der Waals surface area contributed by atoms with Crippen LogP contribution in [0.1, 0.15) is 174 Å². The summed E-state index contributed by atoms with van der Waals surface area (Å²) < 4.78 is 11.2. The summed E-state index contributed by atoms with van der Waals surface area (Å²) >= 11 is 0. The molecule has 0 aromatic heterocycles. The van der Waals surface area contributed by atoms with Crippen LogP contribution in [0.4, 0.5) is 0 Å². The van der Waals surface area contributed by atoms with E-state index in [1.807, 2.05) is 6.08 Å². The maximum Gasteiger partial charge on any atom is 0.220 e. The molecule has 0 radical (unpaired) electrons. The van der Waals surface area contributed by atoms with Gasteiger partial charge < -0.3 is 40.3 Å². The van der Waals surface area contributed by atoms with Crippen molar-refractivity contribution in [1.29, 1.82) is 0 Å². The van der Waals surface area contributed by atoms with Gasteiger partial charge in [0, 0.05) is 6.42 Å². The van der Waals surface area contributed by atoms with Crippen molar-refractivity contribution in [3.63, 3.8) is 0 Å². The summed E-state index contributed by atoms with van der Waals surface area (Å²) in [5.74, 6) is -0.198. The standard InChI is InChI=1S/C53H89NO8/c1-3-5-7-9-11-13-14-15-16-17-18-19-20-21-22-23-24-25-26-27-28-29-30-31-32-33-34-35-37-39-41-43-49(57)54-46(47(56)42-40-38-36-12-10-8-6-4-2)45-61-53-52(60)51(59)50(58)48(44-55)62-53/h5,7,10-13,15-16,18-19,21-22,24-25,40,42,46-48,50-53,55-56,58-60H,3-4,6,8-9,14,17,20,23,26-39,41,43-45H2,1-2H3,(H,54,57)/b7-5-,12-10+,13-11-,16-15-,19-18-,22-21-,25-24-,42-40+. The zero-order chi connectivity index (χ0) is 45.1. The van der Waals surface area contributed by atoms with E-state index in [2.05, 4.69) is 104 Å². The fraction of sp³-hybridized carbons (Fsp3) is 0.679. The molecule has 1 saturated heterocycles. The molecule has 7 unspecified atom stereocenters. The number of carbonyl (C=O) groups is 1. The number of unbranched alkanes of at least 4 members (excludes halogenated alkanes) is 15. The molecule has 0 saturated carbocycles. The van der Waals surface area contributed by atoms with E-state index in [1.54, 1.807) is 6.08 Å². The highest BCUT2D eigenvalue weighted by Gasteiger charge is 2.44. The molecular weight excluding hydrogens is 779 g/mol. The topological polar surface area (TPSA) is 149 Å². The van der Waals surface area contributed by atoms with Gasteiger partial charge in [-0.1, -0.05) is 188 Å². The zero-order valence-corrected chi connectivity index (χ0v) is 38.8. The smallest absolute Gasteiger partial charge is 0.220 e. The summed E-state index contributed by atoms with van der Waals surface area (Å²) in [7, 11) is 0. The SMILES string of the molecule is CC/C=C\C/C=C\C/C=C\C/C=C\C/C=C\C/C=C\CCCCCCCCCCCCCCC(=O)NC(COC1OC(CO)C(O)C(O)C1O)C(O)/C=C/CC/C=C/CCCC. The largest absolute Gasteiger partial charge is 0.394 e. The predicted octanol–water partition coefficient (Wildman–Crippen LogP) is 10.9. The second-order valence-electron chi connectivity index (χ2n) is 16.5. The first-order valence-corrected chi connectivity index (χ1v) is 24.5. The molecule has 354 valence electrons. The third-order valence-electron chi connectivity index (χ3n) is 10.9. The molecule has 0 aromatic carbocycles. The molecule has 9 nitrogen and oxygen atoms in total. The Labute approximate surface area is 377 Å². The Morgan fingerprint density at radius 2 is 1.02 bits per heavy atom. The fourth-order valence-electron chi connectivity index (χ4n) is 6.98. The molecule has 62 heavy (non-hydrogen) atoms. The van der Waals surface area contributed by atoms with Crippen LogP contribution in [0, 0.1) is 0 Å². The monoisotopic (exact) mass is 868 g/mol. The van der Waals surface area contributed by atoms with Crippen LogP contribution < -0.4 is 5.32 Å². The highest BCUT2D eigenvalue weighted by Crippen LogP contribution is 2.22. The Kier molecular flexibility index (Phi) is 38.8. The van der Waals surface area contributed by atoms with E-state index in [9.17, 15) is 30.3 Å². The molecule has 0 aromatic rings. The second kappa shape index (κ2) is 42.1. The summed E-state index contributed by atoms with van der Waals surface area (Å²) in [5.41, 5.74) is 0. The van der Waals surface area contributed by atoms with E-state index in [1.165, 1.54) is 64.2 Å². The molecular formula is C53H89NO8. The summed E-state index contributed by atoms with van der Waals surface area (Å²) in [6.07, 6.45) is 53.5. The number of allylic oxidation sites excluding steroid dienone is 15. The molecule has 0 bridgehead atoms. The number of hydrogen-bond acceptors (Lipinski definition) is 8. The van der Waals surface area contributed by atoms with Gasteiger partial charge in [0.05, 0.1) is 25.4 Å². The maximum atomic E-state index is 12.9. The summed E-state index contributed by atoms with van der Waals surface area (Å²) in [5, 5.41) is 54.0. The molecule has 6 N–H and O–H groups in total. The van der Waals surface area contributed by atoms with Gasteiger partial charge in [0.15, 0.2) is 6.29 Å². The van der Waals surface area contributed by atoms with Crippen molar-refractivity contribution in [1.82, 2.24) is 5.32 Å². The Bertz CT molecular complexity index is 1280. The van der Waals surface area contributed by atoms with Gasteiger partial charge in [0.25, 0.3) is 0 Å². The highest BCUT2D eigenvalue weighted by atomic mass is 16.7. The van der Waals surface area contributed by atoms with Gasteiger partial charge in [-0.3, -0.25) is 4.79 Å². The van der Waals surface area contributed by atoms with Crippen LogP contribution in [-0.2, 0) is 14.3 Å². The van der Waals surface area contributed by atoms with Crippen molar-refractivity contribution in [2.75, 3.05) is 13.2 Å². The Morgan fingerprint density at radius 3 is 1.55 bits per heavy atom. The number of rotatable bonds is 39. The quantitative estimate of drug-likeness (QED) is 0.0264. The van der Waals surface area contributed by atoms with E-state index >= 15 is 0 Å². The van der Waals surface area contributed by atoms with Crippen molar-refractivity contribution in [2.24, 2.45) is 0 Å². The van der Waals surface area contributed by atoms with Crippen molar-refractivity contribution in [2.45, 2.75) is 217 Å². The molecule has 7 atom stereocenters. The molecule has 1 amide bonds. The third-order valence-corrected chi connectivity index (χ3v) is 10.9. The van der Waals surface area contributed by atoms with E-state index < -0.39 is 49.5 Å². The predicted molar refractivity (Wildman–Crippen MR) is 258 cm³/mol. The lowest BCUT2D eigenvalue weighted by atomic mass is 9.99. The normalized spacial score (nSPS) is 21.2. The first-order valence-electron chi connectivity index (χ1n) is 24.5. The molecule has 9 heteroatoms. The molecule has 1 fully saturated rings. The number of hydrogen-bond donors (Lipinski definition) is 6. The Hall–Kier alpha value is -2.89. The minimum atomic E-state index is -1.57. The average molecular weight is 868 g/mol. The highest BCUT2D eigenvalue weighted by molar-refractivity contribution is 5.76. The van der Waals surface area contributed by atoms with Gasteiger partial charge >= 0.3 is 0 Å². The van der Waals surface area contributed by atoms with E-state index in [0.717, 1.165) is 89.9 Å². The molecule has 1 aliphatic rings. The molecule has 0 spiro atoms. The van der Waals surface area contributed by atoms with Crippen LogP contribution in [0.15, 0.2) is 97.2 Å². The van der Waals surface area contributed by atoms with Crippen LogP contribution in [0.3, 0.4) is 0 Å². The second-order valence-corrected chi connectivity index (χ2v) is 16.5. The molecule has 0 aliphatic carbocycles. The van der Waals surface area contributed by atoms with E-state index in [4.69, 9.17) is 9.47 Å². The number of carbonyl (C=O) groups excluding carboxylic acids is 1. The number of amides is 1. The third kappa shape index (κ3) is 31.9. The minimum Gasteiger partial charge on any atom is -0.394 e. The Morgan fingerprint density at radius 1 is 0.565 bits per heavy atom. The van der Waals surface area contributed by atoms with Gasteiger partial charge in [0.2, 0.25) is 5.91 Å². The number of ether oxygens (including phenoxy) is 2. The first kappa shape index (κ1) is 57.1.